The van der Waals surface area contributed by atoms with Crippen molar-refractivity contribution in [2.45, 2.75) is 91.0 Å². The third-order valence-corrected chi connectivity index (χ3v) is 10.4. The van der Waals surface area contributed by atoms with Gasteiger partial charge in [-0.25, -0.2) is 14.1 Å². The van der Waals surface area contributed by atoms with Gasteiger partial charge in [0.05, 0.1) is 17.3 Å². The van der Waals surface area contributed by atoms with E-state index < -0.39 is 0 Å². The summed E-state index contributed by atoms with van der Waals surface area (Å²) in [6.45, 7) is 12.0. The molecular weight excluding hydrogens is 672 g/mol. The number of carbonyl (C=O) groups excluding carboxylic acids is 2. The predicted octanol–water partition coefficient (Wildman–Crippen LogP) is 5.65. The minimum absolute atomic E-state index is 0.116. The van der Waals surface area contributed by atoms with E-state index in [2.05, 4.69) is 63.9 Å². The van der Waals surface area contributed by atoms with Gasteiger partial charge < -0.3 is 25.6 Å². The molecule has 12 heteroatoms. The van der Waals surface area contributed by atoms with Crippen LogP contribution in [0.3, 0.4) is 0 Å². The van der Waals surface area contributed by atoms with E-state index in [0.717, 1.165) is 123 Å². The van der Waals surface area contributed by atoms with E-state index in [-0.39, 0.29) is 43.1 Å². The molecule has 3 N–H and O–H groups in total. The highest BCUT2D eigenvalue weighted by Gasteiger charge is 2.22. The van der Waals surface area contributed by atoms with Crippen molar-refractivity contribution >= 4 is 28.5 Å². The Labute approximate surface area is 312 Å². The first-order chi connectivity index (χ1) is 25.8. The summed E-state index contributed by atoms with van der Waals surface area (Å²) in [7, 11) is 2.16. The summed E-state index contributed by atoms with van der Waals surface area (Å²) in [4.78, 5) is 35.6. The fourth-order valence-electron chi connectivity index (χ4n) is 7.33. The average molecular weight is 727 g/mol. The molecule has 53 heavy (non-hydrogen) atoms. The summed E-state index contributed by atoms with van der Waals surface area (Å²) in [5.41, 5.74) is 7.07. The molecule has 0 radical (unpaired) electrons. The van der Waals surface area contributed by atoms with E-state index in [1.54, 1.807) is 6.07 Å². The van der Waals surface area contributed by atoms with Crippen LogP contribution in [0, 0.1) is 5.82 Å². The highest BCUT2D eigenvalue weighted by molar-refractivity contribution is 5.92. The van der Waals surface area contributed by atoms with Crippen molar-refractivity contribution in [1.29, 1.82) is 0 Å². The first-order valence-electron chi connectivity index (χ1n) is 19.3. The fourth-order valence-corrected chi connectivity index (χ4v) is 7.33. The molecule has 0 aliphatic carbocycles. The number of aromatic nitrogens is 3. The molecule has 4 heterocycles. The Hall–Kier alpha value is -4.39. The number of pyridine rings is 1. The molecule has 0 atom stereocenters. The van der Waals surface area contributed by atoms with Crippen LogP contribution in [-0.2, 0) is 46.9 Å². The van der Waals surface area contributed by atoms with Gasteiger partial charge in [0, 0.05) is 88.2 Å². The van der Waals surface area contributed by atoms with E-state index in [9.17, 15) is 9.59 Å². The number of hydrogen-bond acceptors (Lipinski definition) is 8. The zero-order valence-electron chi connectivity index (χ0n) is 31.6. The van der Waals surface area contributed by atoms with Gasteiger partial charge in [0.15, 0.2) is 5.65 Å². The third kappa shape index (κ3) is 10.2. The Morgan fingerprint density at radius 1 is 0.943 bits per heavy atom. The molecular formula is C41H55FN8O3. The largest absolute Gasteiger partial charge is 0.381 e. The van der Waals surface area contributed by atoms with Crippen molar-refractivity contribution in [3.05, 3.63) is 76.9 Å². The number of nitrogens with one attached hydrogen (secondary N) is 3. The van der Waals surface area contributed by atoms with Crippen LogP contribution in [0.5, 0.6) is 0 Å². The number of benzene rings is 2. The molecule has 2 amide bonds. The normalized spacial score (nSPS) is 16.1. The van der Waals surface area contributed by atoms with Crippen LogP contribution >= 0.6 is 0 Å². The zero-order valence-corrected chi connectivity index (χ0v) is 31.6. The second-order valence-corrected chi connectivity index (χ2v) is 14.3. The van der Waals surface area contributed by atoms with Crippen molar-refractivity contribution in [1.82, 2.24) is 35.2 Å². The van der Waals surface area contributed by atoms with Crippen LogP contribution in [0.25, 0.3) is 22.2 Å². The highest BCUT2D eigenvalue weighted by Crippen LogP contribution is 2.31. The van der Waals surface area contributed by atoms with E-state index >= 15 is 4.39 Å². The van der Waals surface area contributed by atoms with Crippen LogP contribution in [0.4, 0.5) is 10.1 Å². The molecule has 2 aromatic heterocycles. The Bertz CT molecular complexity index is 1860. The maximum Gasteiger partial charge on any atom is 0.220 e. The minimum atomic E-state index is -0.288. The van der Waals surface area contributed by atoms with E-state index in [1.165, 1.54) is 6.07 Å². The van der Waals surface area contributed by atoms with E-state index in [0.29, 0.717) is 18.5 Å². The number of halogens is 1. The molecule has 2 saturated heterocycles. The summed E-state index contributed by atoms with van der Waals surface area (Å²) in [5.74, 6) is -0.550. The van der Waals surface area contributed by atoms with E-state index in [1.807, 2.05) is 29.1 Å². The summed E-state index contributed by atoms with van der Waals surface area (Å²) in [6.07, 6.45) is 6.41. The highest BCUT2D eigenvalue weighted by atomic mass is 19.1. The van der Waals surface area contributed by atoms with Crippen LogP contribution in [0.15, 0.2) is 48.7 Å². The van der Waals surface area contributed by atoms with Gasteiger partial charge in [-0.2, -0.15) is 5.10 Å². The van der Waals surface area contributed by atoms with Gasteiger partial charge in [0.1, 0.15) is 5.82 Å². The standard InChI is InChI=1S/C41H55FN8O3/c1-4-37-34(40(46-32-15-21-53-22-16-32)35-27-45-50(5-2)41(35)47-37)26-44-39(52)12-7-11-38(51)43-25-29-13-14-36(42)33(24-29)31-10-6-9-30(23-31)28-49-18-8-17-48(3)19-20-49/h6,9-10,13-14,23-24,27,32H,4-5,7-8,11-12,15-22,25-26,28H2,1-3H3,(H,43,51)(H,44,52)(H,46,47). The van der Waals surface area contributed by atoms with Gasteiger partial charge in [0.25, 0.3) is 0 Å². The minimum Gasteiger partial charge on any atom is -0.381 e. The van der Waals surface area contributed by atoms with Crippen molar-refractivity contribution in [2.24, 2.45) is 0 Å². The lowest BCUT2D eigenvalue weighted by Gasteiger charge is -2.26. The van der Waals surface area contributed by atoms with Gasteiger partial charge in [-0.1, -0.05) is 31.2 Å². The van der Waals surface area contributed by atoms with Crippen LogP contribution in [0.2, 0.25) is 0 Å². The molecule has 4 aromatic rings. The third-order valence-electron chi connectivity index (χ3n) is 10.4. The first kappa shape index (κ1) is 38.3. The number of hydrogen-bond donors (Lipinski definition) is 3. The van der Waals surface area contributed by atoms with Crippen molar-refractivity contribution in [3.8, 4) is 11.1 Å². The molecule has 0 bridgehead atoms. The lowest BCUT2D eigenvalue weighted by Crippen LogP contribution is -2.30. The SMILES string of the molecule is CCc1nc2c(cnn2CC)c(NC2CCOCC2)c1CNC(=O)CCCC(=O)NCc1ccc(F)c(-c2cccc(CN3CCCN(C)CC3)c2)c1. The number of aryl methyl sites for hydroxylation is 2. The topological polar surface area (TPSA) is 117 Å². The first-order valence-corrected chi connectivity index (χ1v) is 19.3. The summed E-state index contributed by atoms with van der Waals surface area (Å²) in [5, 5.41) is 15.3. The Kier molecular flexibility index (Phi) is 13.4. The Balaban J connectivity index is 1.00. The molecule has 2 aliphatic rings. The second kappa shape index (κ2) is 18.6. The molecule has 2 fully saturated rings. The molecule has 6 rings (SSSR count). The van der Waals surface area contributed by atoms with Crippen molar-refractivity contribution in [3.63, 3.8) is 0 Å². The van der Waals surface area contributed by atoms with Crippen molar-refractivity contribution < 1.29 is 18.7 Å². The summed E-state index contributed by atoms with van der Waals surface area (Å²) >= 11 is 0. The smallest absolute Gasteiger partial charge is 0.220 e. The number of ether oxygens (including phenoxy) is 1. The number of fused-ring (bicyclic) bond motifs is 1. The summed E-state index contributed by atoms with van der Waals surface area (Å²) < 4.78 is 22.5. The molecule has 2 aromatic carbocycles. The number of anilines is 1. The zero-order chi connectivity index (χ0) is 37.2. The predicted molar refractivity (Wildman–Crippen MR) is 207 cm³/mol. The number of carbonyl (C=O) groups is 2. The maximum absolute atomic E-state index is 15.1. The average Bonchev–Trinajstić information content (AvgIpc) is 3.48. The van der Waals surface area contributed by atoms with Crippen LogP contribution in [-0.4, -0.2) is 88.9 Å². The molecule has 284 valence electrons. The lowest BCUT2D eigenvalue weighted by molar-refractivity contribution is -0.122. The Morgan fingerprint density at radius 3 is 2.51 bits per heavy atom. The summed E-state index contributed by atoms with van der Waals surface area (Å²) in [6, 6.07) is 13.4. The van der Waals surface area contributed by atoms with Gasteiger partial charge in [0.2, 0.25) is 11.8 Å². The quantitative estimate of drug-likeness (QED) is 0.144. The molecule has 0 spiro atoms. The Morgan fingerprint density at radius 2 is 1.74 bits per heavy atom. The number of rotatable bonds is 15. The maximum atomic E-state index is 15.1. The number of likely N-dealkylation sites (N-methyl/N-ethyl adjacent to an activating group) is 1. The second-order valence-electron chi connectivity index (χ2n) is 14.3. The van der Waals surface area contributed by atoms with Crippen molar-refractivity contribution in [2.75, 3.05) is 51.8 Å². The molecule has 0 saturated carbocycles. The van der Waals surface area contributed by atoms with Gasteiger partial charge in [-0.3, -0.25) is 14.5 Å². The number of amides is 2. The molecule has 0 unspecified atom stereocenters. The lowest BCUT2D eigenvalue weighted by atomic mass is 10.00. The van der Waals surface area contributed by atoms with Gasteiger partial charge >= 0.3 is 0 Å². The van der Waals surface area contributed by atoms with E-state index in [4.69, 9.17) is 9.72 Å². The van der Waals surface area contributed by atoms with Gasteiger partial charge in [-0.15, -0.1) is 0 Å². The monoisotopic (exact) mass is 726 g/mol. The molecule has 2 aliphatic heterocycles. The number of nitrogens with zero attached hydrogens (tertiary/aromatic N) is 5. The van der Waals surface area contributed by atoms with Crippen LogP contribution in [0.1, 0.15) is 74.8 Å². The fraction of sp³-hybridized carbons (Fsp3) is 0.512. The van der Waals surface area contributed by atoms with Gasteiger partial charge in [-0.05, 0) is 94.1 Å². The molecule has 11 nitrogen and oxygen atoms in total. The van der Waals surface area contributed by atoms with Crippen LogP contribution < -0.4 is 16.0 Å².